The average molecular weight is 413 g/mol. The third-order valence-corrected chi connectivity index (χ3v) is 4.43. The monoisotopic (exact) mass is 412 g/mol. The maximum atomic E-state index is 12.0. The lowest BCUT2D eigenvalue weighted by Gasteiger charge is -2.07. The van der Waals surface area contributed by atoms with Crippen molar-refractivity contribution in [3.8, 4) is 0 Å². The van der Waals surface area contributed by atoms with Gasteiger partial charge >= 0.3 is 0 Å². The molecule has 0 atom stereocenters. The molecule has 0 bridgehead atoms. The average Bonchev–Trinajstić information content (AvgIpc) is 3.08. The molecular formula is C18H22Cl2N4O3. The van der Waals surface area contributed by atoms with Crippen molar-refractivity contribution in [2.45, 2.75) is 39.0 Å². The molecule has 0 fully saturated rings. The fraction of sp³-hybridized carbons (Fsp3) is 0.444. The van der Waals surface area contributed by atoms with E-state index in [1.807, 2.05) is 6.92 Å². The van der Waals surface area contributed by atoms with E-state index in [0.29, 0.717) is 59.7 Å². The van der Waals surface area contributed by atoms with Crippen molar-refractivity contribution in [3.05, 3.63) is 45.5 Å². The normalized spacial score (nSPS) is 10.6. The zero-order chi connectivity index (χ0) is 19.6. The number of rotatable bonds is 10. The molecule has 2 amide bonds. The highest BCUT2D eigenvalue weighted by molar-refractivity contribution is 6.42. The van der Waals surface area contributed by atoms with Gasteiger partial charge in [0, 0.05) is 37.9 Å². The number of aromatic nitrogens is 2. The zero-order valence-electron chi connectivity index (χ0n) is 15.1. The Balaban J connectivity index is 1.60. The van der Waals surface area contributed by atoms with Gasteiger partial charge < -0.3 is 15.2 Å². The highest BCUT2D eigenvalue weighted by atomic mass is 35.5. The topological polar surface area (TPSA) is 97.1 Å². The van der Waals surface area contributed by atoms with Crippen molar-refractivity contribution < 1.29 is 14.1 Å². The Morgan fingerprint density at radius 2 is 1.89 bits per heavy atom. The summed E-state index contributed by atoms with van der Waals surface area (Å²) in [7, 11) is 0. The Kier molecular flexibility index (Phi) is 8.54. The van der Waals surface area contributed by atoms with Crippen LogP contribution < -0.4 is 10.6 Å². The van der Waals surface area contributed by atoms with E-state index in [2.05, 4.69) is 20.8 Å². The van der Waals surface area contributed by atoms with Crippen LogP contribution in [-0.2, 0) is 17.6 Å². The van der Waals surface area contributed by atoms with Crippen molar-refractivity contribution in [1.29, 1.82) is 0 Å². The van der Waals surface area contributed by atoms with Crippen LogP contribution in [0.2, 0.25) is 10.0 Å². The molecule has 0 spiro atoms. The number of carbonyl (C=O) groups is 2. The maximum Gasteiger partial charge on any atom is 0.251 e. The molecule has 2 N–H and O–H groups in total. The Morgan fingerprint density at radius 1 is 1.11 bits per heavy atom. The van der Waals surface area contributed by atoms with E-state index >= 15 is 0 Å². The van der Waals surface area contributed by atoms with Gasteiger partial charge in [0.1, 0.15) is 0 Å². The summed E-state index contributed by atoms with van der Waals surface area (Å²) in [5.41, 5.74) is 0.415. The quantitative estimate of drug-likeness (QED) is 0.583. The molecule has 9 heteroatoms. The second-order valence-electron chi connectivity index (χ2n) is 5.94. The number of hydrogen-bond acceptors (Lipinski definition) is 5. The fourth-order valence-corrected chi connectivity index (χ4v) is 2.62. The SMILES string of the molecule is CCCc1noc(CCCC(=O)NCCNC(=O)c2ccc(Cl)c(Cl)c2)n1. The zero-order valence-corrected chi connectivity index (χ0v) is 16.6. The number of aryl methyl sites for hydroxylation is 2. The molecule has 2 aromatic rings. The lowest BCUT2D eigenvalue weighted by atomic mass is 10.2. The van der Waals surface area contributed by atoms with Crippen molar-refractivity contribution in [2.75, 3.05) is 13.1 Å². The van der Waals surface area contributed by atoms with Gasteiger partial charge in [0.15, 0.2) is 5.82 Å². The van der Waals surface area contributed by atoms with Crippen LogP contribution in [0.25, 0.3) is 0 Å². The summed E-state index contributed by atoms with van der Waals surface area (Å²) < 4.78 is 5.12. The van der Waals surface area contributed by atoms with Crippen LogP contribution in [0, 0.1) is 0 Å². The number of nitrogens with one attached hydrogen (secondary N) is 2. The van der Waals surface area contributed by atoms with E-state index in [0.717, 1.165) is 12.8 Å². The van der Waals surface area contributed by atoms with E-state index in [1.165, 1.54) is 6.07 Å². The van der Waals surface area contributed by atoms with Crippen LogP contribution in [-0.4, -0.2) is 35.0 Å². The van der Waals surface area contributed by atoms with E-state index < -0.39 is 0 Å². The lowest BCUT2D eigenvalue weighted by Crippen LogP contribution is -2.34. The maximum absolute atomic E-state index is 12.0. The molecule has 0 aliphatic rings. The molecule has 1 aromatic carbocycles. The second kappa shape index (κ2) is 10.9. The molecule has 0 saturated carbocycles. The molecule has 0 saturated heterocycles. The van der Waals surface area contributed by atoms with Crippen molar-refractivity contribution >= 4 is 35.0 Å². The van der Waals surface area contributed by atoms with E-state index in [-0.39, 0.29) is 11.8 Å². The minimum atomic E-state index is -0.276. The van der Waals surface area contributed by atoms with Crippen LogP contribution in [0.5, 0.6) is 0 Å². The first-order chi connectivity index (χ1) is 13.0. The number of amides is 2. The Hall–Kier alpha value is -2.12. The Labute approximate surface area is 167 Å². The van der Waals surface area contributed by atoms with Crippen molar-refractivity contribution in [1.82, 2.24) is 20.8 Å². The number of halogens is 2. The summed E-state index contributed by atoms with van der Waals surface area (Å²) in [4.78, 5) is 28.1. The predicted molar refractivity (Wildman–Crippen MR) is 103 cm³/mol. The first-order valence-corrected chi connectivity index (χ1v) is 9.56. The highest BCUT2D eigenvalue weighted by Crippen LogP contribution is 2.22. The third-order valence-electron chi connectivity index (χ3n) is 3.69. The Bertz CT molecular complexity index is 780. The summed E-state index contributed by atoms with van der Waals surface area (Å²) in [6.45, 7) is 2.70. The number of carbonyl (C=O) groups excluding carboxylic acids is 2. The van der Waals surface area contributed by atoms with Crippen LogP contribution in [0.4, 0.5) is 0 Å². The first-order valence-electron chi connectivity index (χ1n) is 8.81. The molecule has 0 aliphatic heterocycles. The van der Waals surface area contributed by atoms with Gasteiger partial charge in [-0.3, -0.25) is 9.59 Å². The number of benzene rings is 1. The molecule has 1 heterocycles. The summed E-state index contributed by atoms with van der Waals surface area (Å²) in [6.07, 6.45) is 3.29. The van der Waals surface area contributed by atoms with Gasteiger partial charge in [-0.2, -0.15) is 4.98 Å². The minimum Gasteiger partial charge on any atom is -0.354 e. The molecule has 0 unspecified atom stereocenters. The van der Waals surface area contributed by atoms with Crippen LogP contribution in [0.15, 0.2) is 22.7 Å². The third kappa shape index (κ3) is 7.19. The first kappa shape index (κ1) is 21.2. The standard InChI is InChI=1S/C18H22Cl2N4O3/c1-2-4-15-23-17(27-24-15)6-3-5-16(25)21-9-10-22-18(26)12-7-8-13(19)14(20)11-12/h7-8,11H,2-6,9-10H2,1H3,(H,21,25)(H,22,26). The second-order valence-corrected chi connectivity index (χ2v) is 6.76. The summed E-state index contributed by atoms with van der Waals surface area (Å²) in [5.74, 6) is 0.893. The Morgan fingerprint density at radius 3 is 2.63 bits per heavy atom. The summed E-state index contributed by atoms with van der Waals surface area (Å²) in [5, 5.41) is 10.0. The molecule has 0 aliphatic carbocycles. The van der Waals surface area contributed by atoms with Gasteiger partial charge in [-0.25, -0.2) is 0 Å². The smallest absolute Gasteiger partial charge is 0.251 e. The molecule has 1 aromatic heterocycles. The van der Waals surface area contributed by atoms with Gasteiger partial charge in [-0.1, -0.05) is 35.3 Å². The summed E-state index contributed by atoms with van der Waals surface area (Å²) >= 11 is 11.7. The molecule has 0 radical (unpaired) electrons. The number of hydrogen-bond donors (Lipinski definition) is 2. The van der Waals surface area contributed by atoms with Gasteiger partial charge in [-0.05, 0) is 31.0 Å². The van der Waals surface area contributed by atoms with Gasteiger partial charge in [0.05, 0.1) is 10.0 Å². The van der Waals surface area contributed by atoms with E-state index in [1.54, 1.807) is 12.1 Å². The van der Waals surface area contributed by atoms with Crippen molar-refractivity contribution in [2.24, 2.45) is 0 Å². The number of nitrogens with zero attached hydrogens (tertiary/aromatic N) is 2. The van der Waals surface area contributed by atoms with Gasteiger partial charge in [-0.15, -0.1) is 0 Å². The largest absolute Gasteiger partial charge is 0.354 e. The fourth-order valence-electron chi connectivity index (χ4n) is 2.32. The predicted octanol–water partition coefficient (Wildman–Crippen LogP) is 3.20. The molecule has 7 nitrogen and oxygen atoms in total. The van der Waals surface area contributed by atoms with E-state index in [4.69, 9.17) is 27.7 Å². The molecule has 146 valence electrons. The molecular weight excluding hydrogens is 391 g/mol. The summed E-state index contributed by atoms with van der Waals surface area (Å²) in [6, 6.07) is 4.65. The molecule has 27 heavy (non-hydrogen) atoms. The van der Waals surface area contributed by atoms with Crippen molar-refractivity contribution in [3.63, 3.8) is 0 Å². The van der Waals surface area contributed by atoms with Gasteiger partial charge in [0.25, 0.3) is 5.91 Å². The van der Waals surface area contributed by atoms with Crippen LogP contribution >= 0.6 is 23.2 Å². The molecule has 2 rings (SSSR count). The minimum absolute atomic E-state index is 0.0907. The van der Waals surface area contributed by atoms with Gasteiger partial charge in [0.2, 0.25) is 11.8 Å². The van der Waals surface area contributed by atoms with Crippen LogP contribution in [0.3, 0.4) is 0 Å². The lowest BCUT2D eigenvalue weighted by molar-refractivity contribution is -0.121. The van der Waals surface area contributed by atoms with E-state index in [9.17, 15) is 9.59 Å². The highest BCUT2D eigenvalue weighted by Gasteiger charge is 2.09. The van der Waals surface area contributed by atoms with Crippen LogP contribution in [0.1, 0.15) is 48.3 Å².